The van der Waals surface area contributed by atoms with Crippen LogP contribution >= 0.6 is 11.6 Å². The van der Waals surface area contributed by atoms with Gasteiger partial charge < -0.3 is 15.8 Å². The third-order valence-corrected chi connectivity index (χ3v) is 7.14. The number of benzene rings is 3. The van der Waals surface area contributed by atoms with E-state index in [9.17, 15) is 13.6 Å². The van der Waals surface area contributed by atoms with Gasteiger partial charge in [0, 0.05) is 35.0 Å². The second-order valence-corrected chi connectivity index (χ2v) is 9.39. The van der Waals surface area contributed by atoms with Crippen molar-refractivity contribution in [2.45, 2.75) is 25.7 Å². The number of anilines is 1. The van der Waals surface area contributed by atoms with E-state index in [0.717, 1.165) is 28.3 Å². The number of pyridine rings is 1. The minimum Gasteiger partial charge on any atom is -0.384 e. The number of nitrogen functional groups attached to an aromatic ring is 1. The predicted molar refractivity (Wildman–Crippen MR) is 133 cm³/mol. The molecule has 1 amide bonds. The van der Waals surface area contributed by atoms with E-state index in [1.807, 2.05) is 30.3 Å². The SMILES string of the molecule is Cc1nc(N)cc(Cl)c1CNC(=O)c1ccc2c(c1)C1OC2c2ccc(-c3ccc(F)cc3F)cc21. The van der Waals surface area contributed by atoms with Gasteiger partial charge in [-0.05, 0) is 71.1 Å². The average Bonchev–Trinajstić information content (AvgIpc) is 3.40. The molecule has 8 heteroatoms. The Hall–Kier alpha value is -3.81. The van der Waals surface area contributed by atoms with Crippen LogP contribution in [0.5, 0.6) is 0 Å². The first kappa shape index (κ1) is 22.6. The van der Waals surface area contributed by atoms with Crippen LogP contribution in [0.1, 0.15) is 56.1 Å². The Balaban J connectivity index is 1.27. The van der Waals surface area contributed by atoms with Gasteiger partial charge in [-0.1, -0.05) is 29.8 Å². The molecule has 2 unspecified atom stereocenters. The van der Waals surface area contributed by atoms with Crippen LogP contribution in [0.2, 0.25) is 5.02 Å². The third kappa shape index (κ3) is 3.63. The predicted octanol–water partition coefficient (Wildman–Crippen LogP) is 6.02. The molecule has 2 atom stereocenters. The first-order valence-electron chi connectivity index (χ1n) is 11.4. The molecule has 0 fully saturated rings. The Kier molecular flexibility index (Phi) is 5.28. The largest absolute Gasteiger partial charge is 0.384 e. The number of nitrogens with two attached hydrogens (primary N) is 1. The highest BCUT2D eigenvalue weighted by Gasteiger charge is 2.43. The zero-order chi connectivity index (χ0) is 25.1. The molecule has 0 spiro atoms. The molecule has 3 heterocycles. The number of carbonyl (C=O) groups excluding carboxylic acids is 1. The van der Waals surface area contributed by atoms with E-state index < -0.39 is 11.6 Å². The quantitative estimate of drug-likeness (QED) is 0.357. The standard InChI is InChI=1S/C28H20ClF2N3O2/c1-13-22(23(29)11-25(32)34-13)12-33-28(35)15-3-6-19-21(9-15)27-20-8-14(2-5-18(20)26(19)36-27)17-7-4-16(30)10-24(17)31/h2-11,26-27H,12H2,1H3,(H2,32,34)(H,33,35). The molecule has 2 bridgehead atoms. The van der Waals surface area contributed by atoms with E-state index in [1.54, 1.807) is 19.1 Å². The monoisotopic (exact) mass is 503 g/mol. The van der Waals surface area contributed by atoms with Crippen molar-refractivity contribution < 1.29 is 18.3 Å². The molecule has 6 rings (SSSR count). The number of amides is 1. The maximum atomic E-state index is 14.4. The molecular formula is C28H20ClF2N3O2. The molecule has 36 heavy (non-hydrogen) atoms. The highest BCUT2D eigenvalue weighted by atomic mass is 35.5. The number of ether oxygens (including phenoxy) is 1. The molecule has 5 nitrogen and oxygen atoms in total. The van der Waals surface area contributed by atoms with Crippen LogP contribution in [0.4, 0.5) is 14.6 Å². The van der Waals surface area contributed by atoms with Crippen molar-refractivity contribution in [1.82, 2.24) is 10.3 Å². The van der Waals surface area contributed by atoms with Crippen molar-refractivity contribution in [2.75, 3.05) is 5.73 Å². The summed E-state index contributed by atoms with van der Waals surface area (Å²) in [7, 11) is 0. The Labute approximate surface area is 210 Å². The fourth-order valence-electron chi connectivity index (χ4n) is 5.04. The van der Waals surface area contributed by atoms with E-state index in [1.165, 1.54) is 12.1 Å². The minimum absolute atomic E-state index is 0.214. The lowest BCUT2D eigenvalue weighted by Gasteiger charge is -2.18. The highest BCUT2D eigenvalue weighted by molar-refractivity contribution is 6.31. The number of hydrogen-bond donors (Lipinski definition) is 2. The maximum Gasteiger partial charge on any atom is 0.251 e. The van der Waals surface area contributed by atoms with Crippen LogP contribution in [0.3, 0.4) is 0 Å². The van der Waals surface area contributed by atoms with Crippen molar-refractivity contribution in [3.05, 3.63) is 116 Å². The van der Waals surface area contributed by atoms with E-state index in [-0.39, 0.29) is 24.7 Å². The van der Waals surface area contributed by atoms with E-state index >= 15 is 0 Å². The summed E-state index contributed by atoms with van der Waals surface area (Å²) in [5.41, 5.74) is 12.4. The summed E-state index contributed by atoms with van der Waals surface area (Å²) in [6.07, 6.45) is -0.610. The van der Waals surface area contributed by atoms with Gasteiger partial charge in [-0.15, -0.1) is 0 Å². The van der Waals surface area contributed by atoms with Crippen molar-refractivity contribution in [1.29, 1.82) is 0 Å². The van der Waals surface area contributed by atoms with Gasteiger partial charge in [-0.2, -0.15) is 0 Å². The van der Waals surface area contributed by atoms with Crippen LogP contribution in [0.25, 0.3) is 11.1 Å². The first-order chi connectivity index (χ1) is 17.3. The molecule has 2 aliphatic heterocycles. The lowest BCUT2D eigenvalue weighted by molar-refractivity contribution is 0.0857. The topological polar surface area (TPSA) is 77.2 Å². The van der Waals surface area contributed by atoms with Gasteiger partial charge in [0.25, 0.3) is 5.91 Å². The van der Waals surface area contributed by atoms with Crippen LogP contribution in [0, 0.1) is 18.6 Å². The molecule has 0 saturated carbocycles. The van der Waals surface area contributed by atoms with Crippen LogP contribution in [0.15, 0.2) is 60.7 Å². The third-order valence-electron chi connectivity index (χ3n) is 6.80. The maximum absolute atomic E-state index is 14.4. The van der Waals surface area contributed by atoms with E-state index in [2.05, 4.69) is 10.3 Å². The number of nitrogens with one attached hydrogen (secondary N) is 1. The first-order valence-corrected chi connectivity index (χ1v) is 11.8. The zero-order valence-electron chi connectivity index (χ0n) is 19.1. The lowest BCUT2D eigenvalue weighted by atomic mass is 9.83. The summed E-state index contributed by atoms with van der Waals surface area (Å²) in [4.78, 5) is 17.2. The van der Waals surface area contributed by atoms with Gasteiger partial charge >= 0.3 is 0 Å². The van der Waals surface area contributed by atoms with Crippen molar-refractivity contribution in [2.24, 2.45) is 0 Å². The summed E-state index contributed by atoms with van der Waals surface area (Å²) in [6, 6.07) is 16.2. The van der Waals surface area contributed by atoms with Crippen molar-refractivity contribution in [3.63, 3.8) is 0 Å². The lowest BCUT2D eigenvalue weighted by Crippen LogP contribution is -2.24. The number of hydrogen-bond acceptors (Lipinski definition) is 4. The molecule has 0 radical (unpaired) electrons. The molecule has 0 saturated heterocycles. The average molecular weight is 504 g/mol. The number of aryl methyl sites for hydroxylation is 1. The number of fused-ring (bicyclic) bond motifs is 8. The van der Waals surface area contributed by atoms with Crippen LogP contribution < -0.4 is 11.1 Å². The molecule has 3 N–H and O–H groups in total. The van der Waals surface area contributed by atoms with Gasteiger partial charge in [0.05, 0.1) is 5.02 Å². The molecule has 1 aromatic heterocycles. The van der Waals surface area contributed by atoms with Gasteiger partial charge in [0.1, 0.15) is 29.7 Å². The highest BCUT2D eigenvalue weighted by Crippen LogP contribution is 2.54. The van der Waals surface area contributed by atoms with Gasteiger partial charge in [0.2, 0.25) is 0 Å². The van der Waals surface area contributed by atoms with Gasteiger partial charge in [0.15, 0.2) is 0 Å². The molecule has 180 valence electrons. The number of carbonyl (C=O) groups is 1. The minimum atomic E-state index is -0.621. The Morgan fingerprint density at radius 3 is 2.47 bits per heavy atom. The number of rotatable bonds is 4. The fourth-order valence-corrected chi connectivity index (χ4v) is 5.36. The molecule has 4 aromatic rings. The van der Waals surface area contributed by atoms with Crippen LogP contribution in [-0.2, 0) is 11.3 Å². The molecule has 0 aliphatic carbocycles. The number of halogens is 3. The molecular weight excluding hydrogens is 484 g/mol. The second kappa shape index (κ2) is 8.40. The Morgan fingerprint density at radius 1 is 1.00 bits per heavy atom. The molecule has 3 aromatic carbocycles. The van der Waals surface area contributed by atoms with E-state index in [0.29, 0.717) is 38.8 Å². The second-order valence-electron chi connectivity index (χ2n) is 8.98. The molecule has 2 aliphatic rings. The number of nitrogens with zero attached hydrogens (tertiary/aromatic N) is 1. The normalized spacial score (nSPS) is 17.1. The van der Waals surface area contributed by atoms with Crippen LogP contribution in [-0.4, -0.2) is 10.9 Å². The smallest absolute Gasteiger partial charge is 0.251 e. The summed E-state index contributed by atoms with van der Waals surface area (Å²) in [5, 5.41) is 3.34. The zero-order valence-corrected chi connectivity index (χ0v) is 19.9. The summed E-state index contributed by atoms with van der Waals surface area (Å²) < 4.78 is 34.0. The summed E-state index contributed by atoms with van der Waals surface area (Å²) >= 11 is 6.28. The Bertz CT molecular complexity index is 1550. The van der Waals surface area contributed by atoms with Gasteiger partial charge in [-0.3, -0.25) is 4.79 Å². The number of aromatic nitrogens is 1. The fraction of sp³-hybridized carbons (Fsp3) is 0.143. The van der Waals surface area contributed by atoms with E-state index in [4.69, 9.17) is 22.1 Å². The summed E-state index contributed by atoms with van der Waals surface area (Å²) in [5.74, 6) is -1.17. The Morgan fingerprint density at radius 2 is 1.72 bits per heavy atom. The van der Waals surface area contributed by atoms with Crippen molar-refractivity contribution in [3.8, 4) is 11.1 Å². The summed E-state index contributed by atoms with van der Waals surface area (Å²) in [6.45, 7) is 2.00. The van der Waals surface area contributed by atoms with Crippen molar-refractivity contribution >= 4 is 23.3 Å². The van der Waals surface area contributed by atoms with Gasteiger partial charge in [-0.25, -0.2) is 13.8 Å².